The lowest BCUT2D eigenvalue weighted by molar-refractivity contribution is -0.116. The summed E-state index contributed by atoms with van der Waals surface area (Å²) >= 11 is 5.50. The number of rotatable bonds is 8. The minimum Gasteiger partial charge on any atom is -0.485 e. The zero-order valence-corrected chi connectivity index (χ0v) is 18.2. The molecular weight excluding hydrogens is 458 g/mol. The van der Waals surface area contributed by atoms with Gasteiger partial charge in [-0.25, -0.2) is 8.78 Å². The Kier molecular flexibility index (Phi) is 7.43. The van der Waals surface area contributed by atoms with Gasteiger partial charge < -0.3 is 20.1 Å². The van der Waals surface area contributed by atoms with E-state index in [1.165, 1.54) is 12.4 Å². The highest BCUT2D eigenvalue weighted by Crippen LogP contribution is 2.34. The molecular formula is C21H21ClF2N6O3. The zero-order chi connectivity index (χ0) is 23.2. The van der Waals surface area contributed by atoms with Crippen LogP contribution in [0.3, 0.4) is 0 Å². The summed E-state index contributed by atoms with van der Waals surface area (Å²) in [6.45, 7) is 2.24. The first kappa shape index (κ1) is 23.0. The van der Waals surface area contributed by atoms with Gasteiger partial charge in [0.1, 0.15) is 35.1 Å². The standard InChI is InChI=1S/C21H21ClF2N6O3/c22-18-15(23)7-12(8-16(18)24)1-2-17(31)28-21-20(33-11-14-10-25-5-6-32-14)19(29-30-21)13-3-4-26-27-9-13/h3-4,7-9,14,25H,1-2,5-6,10-11H2,(H2,28,29,30,31). The Balaban J connectivity index is 1.46. The van der Waals surface area contributed by atoms with Gasteiger partial charge in [0.25, 0.3) is 0 Å². The number of benzene rings is 1. The van der Waals surface area contributed by atoms with Crippen molar-refractivity contribution in [3.63, 3.8) is 0 Å². The number of aromatic amines is 1. The predicted octanol–water partition coefficient (Wildman–Crippen LogP) is 2.74. The summed E-state index contributed by atoms with van der Waals surface area (Å²) in [7, 11) is 0. The summed E-state index contributed by atoms with van der Waals surface area (Å²) < 4.78 is 38.9. The fourth-order valence-electron chi connectivity index (χ4n) is 3.30. The molecule has 0 aliphatic carbocycles. The number of H-pyrrole nitrogens is 1. The van der Waals surface area contributed by atoms with Crippen LogP contribution in [0.15, 0.2) is 30.6 Å². The van der Waals surface area contributed by atoms with E-state index < -0.39 is 22.6 Å². The number of amides is 1. The van der Waals surface area contributed by atoms with E-state index in [4.69, 9.17) is 21.1 Å². The topological polar surface area (TPSA) is 114 Å². The third kappa shape index (κ3) is 5.81. The van der Waals surface area contributed by atoms with E-state index in [1.807, 2.05) is 0 Å². The van der Waals surface area contributed by atoms with Crippen molar-refractivity contribution in [3.05, 3.63) is 52.8 Å². The molecule has 2 aromatic heterocycles. The summed E-state index contributed by atoms with van der Waals surface area (Å²) in [6, 6.07) is 3.93. The quantitative estimate of drug-likeness (QED) is 0.426. The first-order chi connectivity index (χ1) is 16.0. The smallest absolute Gasteiger partial charge is 0.225 e. The number of halogens is 3. The molecule has 3 N–H and O–H groups in total. The third-order valence-electron chi connectivity index (χ3n) is 4.95. The van der Waals surface area contributed by atoms with Crippen LogP contribution in [-0.4, -0.2) is 58.7 Å². The Hall–Kier alpha value is -3.15. The number of hydrogen-bond acceptors (Lipinski definition) is 7. The lowest BCUT2D eigenvalue weighted by atomic mass is 10.1. The lowest BCUT2D eigenvalue weighted by Gasteiger charge is -2.23. The van der Waals surface area contributed by atoms with Gasteiger partial charge in [-0.3, -0.25) is 9.89 Å². The number of nitrogens with one attached hydrogen (secondary N) is 3. The molecule has 1 unspecified atom stereocenters. The lowest BCUT2D eigenvalue weighted by Crippen LogP contribution is -2.41. The molecule has 1 aliphatic heterocycles. The van der Waals surface area contributed by atoms with Crippen molar-refractivity contribution in [3.8, 4) is 17.0 Å². The van der Waals surface area contributed by atoms with Gasteiger partial charge in [0.2, 0.25) is 5.91 Å². The molecule has 4 rings (SSSR count). The highest BCUT2D eigenvalue weighted by Gasteiger charge is 2.22. The molecule has 3 heterocycles. The number of aryl methyl sites for hydroxylation is 1. The summed E-state index contributed by atoms with van der Waals surface area (Å²) in [4.78, 5) is 12.5. The Labute approximate surface area is 192 Å². The van der Waals surface area contributed by atoms with E-state index in [1.54, 1.807) is 6.07 Å². The second-order valence-corrected chi connectivity index (χ2v) is 7.71. The molecule has 1 fully saturated rings. The molecule has 12 heteroatoms. The van der Waals surface area contributed by atoms with Crippen LogP contribution >= 0.6 is 11.6 Å². The van der Waals surface area contributed by atoms with E-state index in [2.05, 4.69) is 31.0 Å². The van der Waals surface area contributed by atoms with Gasteiger partial charge in [0.05, 0.1) is 19.0 Å². The number of carbonyl (C=O) groups excluding carboxylic acids is 1. The molecule has 0 bridgehead atoms. The van der Waals surface area contributed by atoms with Crippen LogP contribution in [0.2, 0.25) is 5.02 Å². The maximum Gasteiger partial charge on any atom is 0.225 e. The fourth-order valence-corrected chi connectivity index (χ4v) is 3.41. The Morgan fingerprint density at radius 2 is 2.12 bits per heavy atom. The predicted molar refractivity (Wildman–Crippen MR) is 116 cm³/mol. The molecule has 0 radical (unpaired) electrons. The van der Waals surface area contributed by atoms with E-state index in [0.717, 1.165) is 18.7 Å². The summed E-state index contributed by atoms with van der Waals surface area (Å²) in [5, 5.41) is 20.0. The van der Waals surface area contributed by atoms with Gasteiger partial charge in [-0.1, -0.05) is 11.6 Å². The average molecular weight is 479 g/mol. The number of nitrogens with zero attached hydrogens (tertiary/aromatic N) is 3. The normalized spacial score (nSPS) is 15.9. The minimum absolute atomic E-state index is 0.0270. The maximum atomic E-state index is 13.6. The number of ether oxygens (including phenoxy) is 2. The second-order valence-electron chi connectivity index (χ2n) is 7.34. The van der Waals surface area contributed by atoms with Crippen molar-refractivity contribution in [2.75, 3.05) is 31.6 Å². The monoisotopic (exact) mass is 478 g/mol. The van der Waals surface area contributed by atoms with Gasteiger partial charge in [0, 0.05) is 25.1 Å². The molecule has 1 amide bonds. The van der Waals surface area contributed by atoms with Crippen LogP contribution in [0.25, 0.3) is 11.3 Å². The molecule has 1 aromatic carbocycles. The van der Waals surface area contributed by atoms with Crippen molar-refractivity contribution in [1.82, 2.24) is 25.7 Å². The van der Waals surface area contributed by atoms with Gasteiger partial charge in [-0.05, 0) is 30.2 Å². The molecule has 1 aliphatic rings. The fraction of sp³-hybridized carbons (Fsp3) is 0.333. The minimum atomic E-state index is -0.869. The Morgan fingerprint density at radius 1 is 1.30 bits per heavy atom. The number of anilines is 1. The van der Waals surface area contributed by atoms with E-state index in [0.29, 0.717) is 35.7 Å². The molecule has 1 atom stereocenters. The van der Waals surface area contributed by atoms with Crippen LogP contribution < -0.4 is 15.4 Å². The molecule has 3 aromatic rings. The van der Waals surface area contributed by atoms with Gasteiger partial charge >= 0.3 is 0 Å². The first-order valence-corrected chi connectivity index (χ1v) is 10.6. The van der Waals surface area contributed by atoms with Gasteiger partial charge in [-0.2, -0.15) is 15.3 Å². The van der Waals surface area contributed by atoms with Crippen LogP contribution in [0.4, 0.5) is 14.6 Å². The zero-order valence-electron chi connectivity index (χ0n) is 17.4. The van der Waals surface area contributed by atoms with E-state index in [-0.39, 0.29) is 31.4 Å². The number of hydrogen-bond donors (Lipinski definition) is 3. The number of aromatic nitrogens is 4. The highest BCUT2D eigenvalue weighted by atomic mass is 35.5. The molecule has 33 heavy (non-hydrogen) atoms. The van der Waals surface area contributed by atoms with Crippen LogP contribution in [-0.2, 0) is 16.0 Å². The van der Waals surface area contributed by atoms with Crippen LogP contribution in [0.5, 0.6) is 5.75 Å². The SMILES string of the molecule is O=C(CCc1cc(F)c(Cl)c(F)c1)Nc1[nH]nc(-c2ccnnc2)c1OCC1CNCCO1. The molecule has 1 saturated heterocycles. The van der Waals surface area contributed by atoms with Crippen molar-refractivity contribution in [2.24, 2.45) is 0 Å². The van der Waals surface area contributed by atoms with E-state index in [9.17, 15) is 13.6 Å². The molecule has 0 saturated carbocycles. The third-order valence-corrected chi connectivity index (χ3v) is 5.31. The van der Waals surface area contributed by atoms with Crippen molar-refractivity contribution >= 4 is 23.3 Å². The molecule has 174 valence electrons. The highest BCUT2D eigenvalue weighted by molar-refractivity contribution is 6.30. The Bertz CT molecular complexity index is 1090. The van der Waals surface area contributed by atoms with Crippen molar-refractivity contribution in [1.29, 1.82) is 0 Å². The molecule has 0 spiro atoms. The van der Waals surface area contributed by atoms with Crippen molar-refractivity contribution in [2.45, 2.75) is 18.9 Å². The average Bonchev–Trinajstić information content (AvgIpc) is 3.23. The van der Waals surface area contributed by atoms with Gasteiger partial charge in [-0.15, -0.1) is 0 Å². The first-order valence-electron chi connectivity index (χ1n) is 10.2. The van der Waals surface area contributed by atoms with Crippen molar-refractivity contribution < 1.29 is 23.0 Å². The summed E-state index contributed by atoms with van der Waals surface area (Å²) in [5.41, 5.74) is 1.41. The van der Waals surface area contributed by atoms with Gasteiger partial charge in [0.15, 0.2) is 11.6 Å². The summed E-state index contributed by atoms with van der Waals surface area (Å²) in [5.74, 6) is -1.55. The Morgan fingerprint density at radius 3 is 2.82 bits per heavy atom. The number of carbonyl (C=O) groups is 1. The van der Waals surface area contributed by atoms with Crippen LogP contribution in [0, 0.1) is 11.6 Å². The number of morpholine rings is 1. The van der Waals surface area contributed by atoms with Crippen LogP contribution in [0.1, 0.15) is 12.0 Å². The largest absolute Gasteiger partial charge is 0.485 e. The molecule has 9 nitrogen and oxygen atoms in total. The second kappa shape index (κ2) is 10.6. The maximum absolute atomic E-state index is 13.6. The summed E-state index contributed by atoms with van der Waals surface area (Å²) in [6.07, 6.45) is 2.97. The van der Waals surface area contributed by atoms with E-state index >= 15 is 0 Å².